The predicted molar refractivity (Wildman–Crippen MR) is 85.7 cm³/mol. The molecule has 5 heteroatoms. The molecular weight excluding hydrogens is 284 g/mol. The topological polar surface area (TPSA) is 58.2 Å². The average molecular weight is 310 g/mol. The molecule has 2 N–H and O–H groups in total. The van der Waals surface area contributed by atoms with Crippen LogP contribution in [0.2, 0.25) is 0 Å². The summed E-state index contributed by atoms with van der Waals surface area (Å²) in [6.45, 7) is 9.17. The summed E-state index contributed by atoms with van der Waals surface area (Å²) in [4.78, 5) is 0.360. The predicted octanol–water partition coefficient (Wildman–Crippen LogP) is 2.82. The van der Waals surface area contributed by atoms with Gasteiger partial charge in [0.1, 0.15) is 0 Å². The number of benzene rings is 1. The standard InChI is InChI=1S/C16H26N2O2S/c1-5-14(17-6-2)12-8-7-9-13(10-12)21(19,20)18-15-11-16(15,3)4/h7-10,14-15,17-18H,5-6,11H2,1-4H3. The van der Waals surface area contributed by atoms with Crippen molar-refractivity contribution in [2.75, 3.05) is 6.54 Å². The van der Waals surface area contributed by atoms with E-state index in [1.54, 1.807) is 12.1 Å². The lowest BCUT2D eigenvalue weighted by atomic mass is 10.0. The van der Waals surface area contributed by atoms with Crippen molar-refractivity contribution in [2.45, 2.75) is 57.5 Å². The highest BCUT2D eigenvalue weighted by atomic mass is 32.2. The highest BCUT2D eigenvalue weighted by Crippen LogP contribution is 2.45. The number of nitrogens with one attached hydrogen (secondary N) is 2. The van der Waals surface area contributed by atoms with Gasteiger partial charge in [0.15, 0.2) is 0 Å². The summed E-state index contributed by atoms with van der Waals surface area (Å²) < 4.78 is 27.7. The molecule has 0 aliphatic heterocycles. The van der Waals surface area contributed by atoms with Gasteiger partial charge in [-0.1, -0.05) is 39.8 Å². The van der Waals surface area contributed by atoms with E-state index in [4.69, 9.17) is 0 Å². The lowest BCUT2D eigenvalue weighted by Crippen LogP contribution is -2.29. The zero-order valence-electron chi connectivity index (χ0n) is 13.3. The fraction of sp³-hybridized carbons (Fsp3) is 0.625. The van der Waals surface area contributed by atoms with Gasteiger partial charge in [-0.2, -0.15) is 0 Å². The van der Waals surface area contributed by atoms with E-state index in [1.807, 2.05) is 12.1 Å². The van der Waals surface area contributed by atoms with Gasteiger partial charge >= 0.3 is 0 Å². The average Bonchev–Trinajstić information content (AvgIpc) is 3.02. The monoisotopic (exact) mass is 310 g/mol. The Kier molecular flexibility index (Phi) is 4.76. The van der Waals surface area contributed by atoms with Gasteiger partial charge in [-0.15, -0.1) is 0 Å². The van der Waals surface area contributed by atoms with Gasteiger partial charge in [0.05, 0.1) is 4.90 Å². The van der Waals surface area contributed by atoms with E-state index in [0.29, 0.717) is 4.90 Å². The van der Waals surface area contributed by atoms with Crippen LogP contribution in [0.1, 0.15) is 52.1 Å². The van der Waals surface area contributed by atoms with Gasteiger partial charge in [-0.05, 0) is 42.5 Å². The summed E-state index contributed by atoms with van der Waals surface area (Å²) in [5, 5.41) is 3.38. The van der Waals surface area contributed by atoms with Crippen LogP contribution in [0.25, 0.3) is 0 Å². The molecule has 0 bridgehead atoms. The van der Waals surface area contributed by atoms with E-state index in [9.17, 15) is 8.42 Å². The van der Waals surface area contributed by atoms with E-state index < -0.39 is 10.0 Å². The zero-order valence-corrected chi connectivity index (χ0v) is 14.1. The summed E-state index contributed by atoms with van der Waals surface area (Å²) in [6, 6.07) is 7.51. The molecule has 2 rings (SSSR count). The maximum Gasteiger partial charge on any atom is 0.240 e. The third kappa shape index (κ3) is 3.84. The molecule has 118 valence electrons. The van der Waals surface area contributed by atoms with Crippen LogP contribution in [0.4, 0.5) is 0 Å². The van der Waals surface area contributed by atoms with Crippen molar-refractivity contribution < 1.29 is 8.42 Å². The highest BCUT2D eigenvalue weighted by molar-refractivity contribution is 7.89. The summed E-state index contributed by atoms with van der Waals surface area (Å²) in [5.41, 5.74) is 1.11. The largest absolute Gasteiger partial charge is 0.310 e. The lowest BCUT2D eigenvalue weighted by Gasteiger charge is -2.17. The van der Waals surface area contributed by atoms with Crippen LogP contribution in [0.15, 0.2) is 29.2 Å². The van der Waals surface area contributed by atoms with Gasteiger partial charge in [0.2, 0.25) is 10.0 Å². The van der Waals surface area contributed by atoms with Crippen LogP contribution in [-0.4, -0.2) is 21.0 Å². The van der Waals surface area contributed by atoms with Crippen LogP contribution in [0, 0.1) is 5.41 Å². The summed E-state index contributed by atoms with van der Waals surface area (Å²) >= 11 is 0. The van der Waals surface area contributed by atoms with Gasteiger partial charge in [-0.25, -0.2) is 13.1 Å². The minimum absolute atomic E-state index is 0.0573. The van der Waals surface area contributed by atoms with Crippen LogP contribution in [0.5, 0.6) is 0 Å². The maximum absolute atomic E-state index is 12.5. The van der Waals surface area contributed by atoms with Crippen LogP contribution < -0.4 is 10.0 Å². The zero-order chi connectivity index (χ0) is 15.7. The van der Waals surface area contributed by atoms with Crippen molar-refractivity contribution in [3.63, 3.8) is 0 Å². The lowest BCUT2D eigenvalue weighted by molar-refractivity contribution is 0.535. The van der Waals surface area contributed by atoms with Gasteiger partial charge in [0, 0.05) is 12.1 Å². The second-order valence-corrected chi connectivity index (χ2v) is 8.17. The molecule has 1 aliphatic carbocycles. The van der Waals surface area contributed by atoms with E-state index in [0.717, 1.165) is 24.9 Å². The number of rotatable bonds is 7. The molecule has 0 saturated heterocycles. The Hall–Kier alpha value is -0.910. The third-order valence-corrected chi connectivity index (χ3v) is 5.71. The van der Waals surface area contributed by atoms with Gasteiger partial charge < -0.3 is 5.32 Å². The van der Waals surface area contributed by atoms with Crippen molar-refractivity contribution in [1.29, 1.82) is 0 Å². The van der Waals surface area contributed by atoms with Crippen molar-refractivity contribution in [3.8, 4) is 0 Å². The second-order valence-electron chi connectivity index (χ2n) is 6.46. The third-order valence-electron chi connectivity index (χ3n) is 4.24. The van der Waals surface area contributed by atoms with E-state index >= 15 is 0 Å². The Bertz CT molecular complexity index is 596. The number of hydrogen-bond donors (Lipinski definition) is 2. The normalized spacial score (nSPS) is 22.0. The van der Waals surface area contributed by atoms with Crippen LogP contribution in [-0.2, 0) is 10.0 Å². The molecule has 0 heterocycles. The Morgan fingerprint density at radius 2 is 2.00 bits per heavy atom. The number of hydrogen-bond acceptors (Lipinski definition) is 3. The first-order valence-corrected chi connectivity index (χ1v) is 9.14. The molecule has 1 aromatic rings. The quantitative estimate of drug-likeness (QED) is 0.814. The smallest absolute Gasteiger partial charge is 0.240 e. The molecule has 2 atom stereocenters. The molecule has 21 heavy (non-hydrogen) atoms. The Morgan fingerprint density at radius 3 is 2.52 bits per heavy atom. The Balaban J connectivity index is 2.20. The molecule has 1 aromatic carbocycles. The van der Waals surface area contributed by atoms with E-state index in [2.05, 4.69) is 37.7 Å². The van der Waals surface area contributed by atoms with E-state index in [1.165, 1.54) is 0 Å². The first-order valence-electron chi connectivity index (χ1n) is 7.66. The molecule has 0 spiro atoms. The first kappa shape index (κ1) is 16.5. The van der Waals surface area contributed by atoms with E-state index in [-0.39, 0.29) is 17.5 Å². The molecule has 0 aromatic heterocycles. The fourth-order valence-electron chi connectivity index (χ4n) is 2.57. The summed E-state index contributed by atoms with van der Waals surface area (Å²) in [7, 11) is -3.43. The van der Waals surface area contributed by atoms with Crippen LogP contribution in [0.3, 0.4) is 0 Å². The SMILES string of the molecule is CCNC(CC)c1cccc(S(=O)(=O)NC2CC2(C)C)c1. The molecule has 0 radical (unpaired) electrons. The summed E-state index contributed by atoms with van der Waals surface area (Å²) in [5.74, 6) is 0. The molecule has 4 nitrogen and oxygen atoms in total. The van der Waals surface area contributed by atoms with Crippen molar-refractivity contribution in [1.82, 2.24) is 10.0 Å². The number of sulfonamides is 1. The molecular formula is C16H26N2O2S. The molecule has 2 unspecified atom stereocenters. The van der Waals surface area contributed by atoms with Crippen molar-refractivity contribution in [3.05, 3.63) is 29.8 Å². The minimum atomic E-state index is -3.43. The van der Waals surface area contributed by atoms with Crippen molar-refractivity contribution >= 4 is 10.0 Å². The van der Waals surface area contributed by atoms with Gasteiger partial charge in [0.25, 0.3) is 0 Å². The molecule has 1 aliphatic rings. The van der Waals surface area contributed by atoms with Crippen molar-refractivity contribution in [2.24, 2.45) is 5.41 Å². The van der Waals surface area contributed by atoms with Crippen LogP contribution >= 0.6 is 0 Å². The van der Waals surface area contributed by atoms with Gasteiger partial charge in [-0.3, -0.25) is 0 Å². The Labute approximate surface area is 128 Å². The minimum Gasteiger partial charge on any atom is -0.310 e. The molecule has 0 amide bonds. The molecule has 1 saturated carbocycles. The fourth-order valence-corrected chi connectivity index (χ4v) is 4.03. The first-order chi connectivity index (χ1) is 9.80. The molecule has 1 fully saturated rings. The second kappa shape index (κ2) is 6.07. The highest BCUT2D eigenvalue weighted by Gasteiger charge is 2.47. The summed E-state index contributed by atoms with van der Waals surface area (Å²) in [6.07, 6.45) is 1.83. The Morgan fingerprint density at radius 1 is 1.33 bits per heavy atom. The maximum atomic E-state index is 12.5.